The number of amides is 1. The zero-order chi connectivity index (χ0) is 15.1. The Kier molecular flexibility index (Phi) is 4.98. The van der Waals surface area contributed by atoms with E-state index in [0.29, 0.717) is 12.1 Å². The first-order valence-corrected chi connectivity index (χ1v) is 6.55. The van der Waals surface area contributed by atoms with Crippen LogP contribution in [0.4, 0.5) is 0 Å². The maximum absolute atomic E-state index is 11.9. The number of hydrogen-bond acceptors (Lipinski definition) is 3. The van der Waals surface area contributed by atoms with E-state index in [1.807, 2.05) is 30.3 Å². The minimum atomic E-state index is -0.881. The smallest absolute Gasteiger partial charge is 0.309 e. The van der Waals surface area contributed by atoms with Crippen molar-refractivity contribution >= 4 is 11.9 Å². The maximum atomic E-state index is 11.9. The van der Waals surface area contributed by atoms with Gasteiger partial charge in [-0.25, -0.2) is 0 Å². The molecule has 6 nitrogen and oxygen atoms in total. The zero-order valence-corrected chi connectivity index (χ0v) is 11.4. The van der Waals surface area contributed by atoms with Crippen LogP contribution in [0, 0.1) is 0 Å². The Hall–Kier alpha value is -2.76. The fraction of sp³-hybridized carbons (Fsp3) is 0.200. The molecule has 1 aromatic carbocycles. The number of rotatable bonds is 6. The maximum Gasteiger partial charge on any atom is 0.309 e. The van der Waals surface area contributed by atoms with Crippen LogP contribution in [0.2, 0.25) is 0 Å². The summed E-state index contributed by atoms with van der Waals surface area (Å²) in [7, 11) is 0. The van der Waals surface area contributed by atoms with Gasteiger partial charge in [0, 0.05) is 12.6 Å². The Morgan fingerprint density at radius 3 is 2.57 bits per heavy atom. The minimum Gasteiger partial charge on any atom is -0.481 e. The molecule has 21 heavy (non-hydrogen) atoms. The molecular formula is C15H16N3O3+. The van der Waals surface area contributed by atoms with Crippen LogP contribution in [0.3, 0.4) is 0 Å². The third-order valence-corrected chi connectivity index (χ3v) is 2.88. The summed E-state index contributed by atoms with van der Waals surface area (Å²) in [6, 6.07) is 11.2. The van der Waals surface area contributed by atoms with Crippen LogP contribution in [-0.2, 0) is 17.9 Å². The molecule has 0 radical (unpaired) electrons. The Labute approximate surface area is 122 Å². The molecule has 0 saturated carbocycles. The standard InChI is InChI=1S/C15H15N3O3/c19-14(20)7-9-18-8-6-13(11-17-18)15(21)16-10-12-4-2-1-3-5-12/h1-6,8,11H,7,9-10H2,(H-,16,19,20,21)/p+1. The molecule has 0 aliphatic heterocycles. The van der Waals surface area contributed by atoms with Crippen LogP contribution in [0.15, 0.2) is 48.8 Å². The van der Waals surface area contributed by atoms with E-state index >= 15 is 0 Å². The lowest BCUT2D eigenvalue weighted by Gasteiger charge is -2.04. The third kappa shape index (κ3) is 4.68. The van der Waals surface area contributed by atoms with Gasteiger partial charge in [0.1, 0.15) is 12.6 Å². The van der Waals surface area contributed by atoms with E-state index in [2.05, 4.69) is 10.4 Å². The molecule has 2 rings (SSSR count). The van der Waals surface area contributed by atoms with Gasteiger partial charge in [-0.1, -0.05) is 35.0 Å². The molecule has 2 aromatic rings. The van der Waals surface area contributed by atoms with Crippen LogP contribution >= 0.6 is 0 Å². The molecule has 1 heterocycles. The molecule has 0 spiro atoms. The lowest BCUT2D eigenvalue weighted by atomic mass is 10.2. The molecule has 0 unspecified atom stereocenters. The Morgan fingerprint density at radius 1 is 1.19 bits per heavy atom. The number of hydrogen-bond donors (Lipinski definition) is 2. The molecule has 108 valence electrons. The summed E-state index contributed by atoms with van der Waals surface area (Å²) >= 11 is 0. The second-order valence-electron chi connectivity index (χ2n) is 4.49. The number of carboxylic acid groups (broad SMARTS) is 1. The van der Waals surface area contributed by atoms with Crippen molar-refractivity contribution < 1.29 is 19.4 Å². The van der Waals surface area contributed by atoms with E-state index in [9.17, 15) is 9.59 Å². The van der Waals surface area contributed by atoms with Crippen molar-refractivity contribution in [3.63, 3.8) is 0 Å². The molecule has 0 bridgehead atoms. The van der Waals surface area contributed by atoms with Gasteiger partial charge in [-0.15, -0.1) is 0 Å². The van der Waals surface area contributed by atoms with Crippen LogP contribution in [0.1, 0.15) is 22.3 Å². The number of carbonyl (C=O) groups is 2. The van der Waals surface area contributed by atoms with Crippen LogP contribution in [0.25, 0.3) is 0 Å². The van der Waals surface area contributed by atoms with E-state index in [4.69, 9.17) is 5.11 Å². The van der Waals surface area contributed by atoms with Crippen molar-refractivity contribution in [2.24, 2.45) is 0 Å². The first-order chi connectivity index (χ1) is 10.1. The van der Waals surface area contributed by atoms with Crippen molar-refractivity contribution in [3.05, 3.63) is 59.9 Å². The average molecular weight is 286 g/mol. The summed E-state index contributed by atoms with van der Waals surface area (Å²) in [5.41, 5.74) is 1.46. The van der Waals surface area contributed by atoms with Crippen LogP contribution in [0.5, 0.6) is 0 Å². The van der Waals surface area contributed by atoms with Crippen molar-refractivity contribution in [2.45, 2.75) is 19.5 Å². The van der Waals surface area contributed by atoms with Gasteiger partial charge in [-0.3, -0.25) is 9.59 Å². The highest BCUT2D eigenvalue weighted by atomic mass is 16.4. The highest BCUT2D eigenvalue weighted by molar-refractivity contribution is 5.93. The summed E-state index contributed by atoms with van der Waals surface area (Å²) in [6.45, 7) is 0.731. The number of aryl methyl sites for hydroxylation is 1. The summed E-state index contributed by atoms with van der Waals surface area (Å²) in [5, 5.41) is 15.4. The predicted octanol–water partition coefficient (Wildman–Crippen LogP) is 0.774. The largest absolute Gasteiger partial charge is 0.481 e. The molecule has 1 amide bonds. The number of nitrogens with zero attached hydrogens (tertiary/aromatic N) is 2. The Balaban J connectivity index is 1.89. The predicted molar refractivity (Wildman–Crippen MR) is 74.3 cm³/mol. The number of carbonyl (C=O) groups excluding carboxylic acids is 1. The van der Waals surface area contributed by atoms with Gasteiger partial charge in [0.25, 0.3) is 5.91 Å². The fourth-order valence-corrected chi connectivity index (χ4v) is 1.74. The van der Waals surface area contributed by atoms with Gasteiger partial charge in [0.2, 0.25) is 0 Å². The summed E-state index contributed by atoms with van der Waals surface area (Å²) in [6.07, 6.45) is 3.03. The van der Waals surface area contributed by atoms with Gasteiger partial charge in [-0.2, -0.15) is 0 Å². The third-order valence-electron chi connectivity index (χ3n) is 2.88. The molecule has 0 atom stereocenters. The molecule has 0 aliphatic rings. The lowest BCUT2D eigenvalue weighted by Crippen LogP contribution is -2.39. The van der Waals surface area contributed by atoms with Crippen LogP contribution < -0.4 is 10.00 Å². The highest BCUT2D eigenvalue weighted by Crippen LogP contribution is 1.99. The SMILES string of the molecule is O=C(O)CC[n+]1ccc(C(=O)NCc2ccccc2)cn1. The Morgan fingerprint density at radius 2 is 1.95 bits per heavy atom. The number of aliphatic carboxylic acids is 1. The van der Waals surface area contributed by atoms with Gasteiger partial charge >= 0.3 is 5.97 Å². The molecule has 6 heteroatoms. The first-order valence-electron chi connectivity index (χ1n) is 6.55. The molecule has 0 saturated heterocycles. The molecular weight excluding hydrogens is 270 g/mol. The normalized spacial score (nSPS) is 10.1. The summed E-state index contributed by atoms with van der Waals surface area (Å²) < 4.78 is 1.49. The number of aromatic nitrogens is 2. The van der Waals surface area contributed by atoms with Gasteiger partial charge in [-0.05, 0) is 10.7 Å². The topological polar surface area (TPSA) is 83.2 Å². The van der Waals surface area contributed by atoms with Crippen molar-refractivity contribution in [3.8, 4) is 0 Å². The molecule has 2 N–H and O–H groups in total. The molecule has 1 aromatic heterocycles. The average Bonchev–Trinajstić information content (AvgIpc) is 2.52. The summed E-state index contributed by atoms with van der Waals surface area (Å²) in [4.78, 5) is 22.4. The van der Waals surface area contributed by atoms with Gasteiger partial charge < -0.3 is 10.4 Å². The van der Waals surface area contributed by atoms with Crippen molar-refractivity contribution in [2.75, 3.05) is 0 Å². The lowest BCUT2D eigenvalue weighted by molar-refractivity contribution is -0.753. The molecule has 0 fully saturated rings. The van der Waals surface area contributed by atoms with Gasteiger partial charge in [0.15, 0.2) is 12.7 Å². The minimum absolute atomic E-state index is 0.00276. The second-order valence-corrected chi connectivity index (χ2v) is 4.49. The van der Waals surface area contributed by atoms with Gasteiger partial charge in [0.05, 0.1) is 5.56 Å². The first kappa shape index (κ1) is 14.6. The van der Waals surface area contributed by atoms with Crippen molar-refractivity contribution in [1.29, 1.82) is 0 Å². The van der Waals surface area contributed by atoms with E-state index in [-0.39, 0.29) is 18.9 Å². The van der Waals surface area contributed by atoms with E-state index in [1.165, 1.54) is 10.9 Å². The van der Waals surface area contributed by atoms with E-state index in [0.717, 1.165) is 5.56 Å². The number of benzene rings is 1. The second kappa shape index (κ2) is 7.14. The molecule has 0 aliphatic carbocycles. The monoisotopic (exact) mass is 286 g/mol. The fourth-order valence-electron chi connectivity index (χ4n) is 1.74. The number of carboxylic acids is 1. The van der Waals surface area contributed by atoms with E-state index < -0.39 is 5.97 Å². The quantitative estimate of drug-likeness (QED) is 0.768. The summed E-state index contributed by atoms with van der Waals surface area (Å²) in [5.74, 6) is -1.09. The van der Waals surface area contributed by atoms with E-state index in [1.54, 1.807) is 12.3 Å². The van der Waals surface area contributed by atoms with Crippen molar-refractivity contribution in [1.82, 2.24) is 10.4 Å². The van der Waals surface area contributed by atoms with Crippen LogP contribution in [-0.4, -0.2) is 22.1 Å². The number of nitrogens with one attached hydrogen (secondary N) is 1. The highest BCUT2D eigenvalue weighted by Gasteiger charge is 2.10. The Bertz CT molecular complexity index is 612. The zero-order valence-electron chi connectivity index (χ0n) is 11.4.